The van der Waals surface area contributed by atoms with E-state index >= 15 is 0 Å². The fraction of sp³-hybridized carbons (Fsp3) is 0.643. The summed E-state index contributed by atoms with van der Waals surface area (Å²) in [6.07, 6.45) is 0.877. The lowest BCUT2D eigenvalue weighted by atomic mass is 10.1. The highest BCUT2D eigenvalue weighted by Crippen LogP contribution is 2.43. The van der Waals surface area contributed by atoms with E-state index in [0.29, 0.717) is 6.54 Å². The zero-order chi connectivity index (χ0) is 13.6. The van der Waals surface area contributed by atoms with Crippen LogP contribution in [0.4, 0.5) is 4.79 Å². The molecule has 0 saturated carbocycles. The molecule has 2 saturated heterocycles. The first-order valence-electron chi connectivity index (χ1n) is 6.62. The third-order valence-corrected chi connectivity index (χ3v) is 4.38. The van der Waals surface area contributed by atoms with Gasteiger partial charge in [-0.05, 0) is 38.6 Å². The van der Waals surface area contributed by atoms with E-state index in [0.717, 1.165) is 6.42 Å². The van der Waals surface area contributed by atoms with E-state index in [1.54, 1.807) is 11.3 Å². The Hall–Kier alpha value is -1.07. The number of thiophene rings is 1. The van der Waals surface area contributed by atoms with Crippen LogP contribution in [-0.4, -0.2) is 35.3 Å². The van der Waals surface area contributed by atoms with Crippen molar-refractivity contribution in [1.29, 1.82) is 0 Å². The van der Waals surface area contributed by atoms with Crippen molar-refractivity contribution in [2.45, 2.75) is 51.0 Å². The molecule has 3 rings (SSSR count). The maximum absolute atomic E-state index is 12.2. The van der Waals surface area contributed by atoms with Crippen LogP contribution < -0.4 is 0 Å². The summed E-state index contributed by atoms with van der Waals surface area (Å²) < 4.78 is 11.5. The number of hydrogen-bond donors (Lipinski definition) is 0. The van der Waals surface area contributed by atoms with E-state index in [-0.39, 0.29) is 24.3 Å². The normalized spacial score (nSPS) is 29.8. The van der Waals surface area contributed by atoms with Gasteiger partial charge in [0.25, 0.3) is 0 Å². The number of hydrogen-bond acceptors (Lipinski definition) is 4. The quantitative estimate of drug-likeness (QED) is 0.793. The molecule has 3 atom stereocenters. The molecule has 1 amide bonds. The van der Waals surface area contributed by atoms with Crippen LogP contribution in [0, 0.1) is 0 Å². The first-order chi connectivity index (χ1) is 8.94. The SMILES string of the molecule is CC(C)(C)OC(=O)N1C[C@@H]2C[C@H]1[C@@H](c1cccs1)O2. The monoisotopic (exact) mass is 281 g/mol. The van der Waals surface area contributed by atoms with Crippen molar-refractivity contribution in [2.24, 2.45) is 0 Å². The van der Waals surface area contributed by atoms with Crippen molar-refractivity contribution in [3.8, 4) is 0 Å². The Morgan fingerprint density at radius 1 is 1.53 bits per heavy atom. The second-order valence-electron chi connectivity index (χ2n) is 6.13. The number of nitrogens with zero attached hydrogens (tertiary/aromatic N) is 1. The molecule has 3 heterocycles. The second kappa shape index (κ2) is 4.49. The number of carbonyl (C=O) groups excluding carboxylic acids is 1. The van der Waals surface area contributed by atoms with E-state index in [9.17, 15) is 4.79 Å². The Labute approximate surface area is 117 Å². The van der Waals surface area contributed by atoms with Crippen LogP contribution in [0.3, 0.4) is 0 Å². The smallest absolute Gasteiger partial charge is 0.410 e. The number of ether oxygens (including phenoxy) is 2. The van der Waals surface area contributed by atoms with Gasteiger partial charge >= 0.3 is 6.09 Å². The highest BCUT2D eigenvalue weighted by molar-refractivity contribution is 7.10. The Bertz CT molecular complexity index is 466. The van der Waals surface area contributed by atoms with Crippen LogP contribution in [0.2, 0.25) is 0 Å². The minimum atomic E-state index is -0.446. The number of amides is 1. The Balaban J connectivity index is 1.74. The van der Waals surface area contributed by atoms with Gasteiger partial charge in [-0.15, -0.1) is 11.3 Å². The average molecular weight is 281 g/mol. The van der Waals surface area contributed by atoms with E-state index in [1.165, 1.54) is 4.88 Å². The summed E-state index contributed by atoms with van der Waals surface area (Å²) >= 11 is 1.68. The van der Waals surface area contributed by atoms with Crippen molar-refractivity contribution < 1.29 is 14.3 Å². The standard InChI is InChI=1S/C14H19NO3S/c1-14(2,3)18-13(16)15-8-9-7-10(15)12(17-9)11-5-4-6-19-11/h4-6,9-10,12H,7-8H2,1-3H3/t9-,10-,12-/m0/s1. The summed E-state index contributed by atoms with van der Waals surface area (Å²) in [4.78, 5) is 15.2. The predicted octanol–water partition coefficient (Wildman–Crippen LogP) is 3.20. The summed E-state index contributed by atoms with van der Waals surface area (Å²) in [5, 5.41) is 2.04. The molecule has 0 spiro atoms. The Morgan fingerprint density at radius 3 is 2.89 bits per heavy atom. The lowest BCUT2D eigenvalue weighted by Gasteiger charge is -2.34. The van der Waals surface area contributed by atoms with Crippen LogP contribution in [-0.2, 0) is 9.47 Å². The van der Waals surface area contributed by atoms with Crippen molar-refractivity contribution in [1.82, 2.24) is 4.90 Å². The fourth-order valence-electron chi connectivity index (χ4n) is 2.75. The second-order valence-corrected chi connectivity index (χ2v) is 7.11. The summed E-state index contributed by atoms with van der Waals surface area (Å²) in [5.41, 5.74) is -0.446. The summed E-state index contributed by atoms with van der Waals surface area (Å²) in [7, 11) is 0. The van der Waals surface area contributed by atoms with Crippen molar-refractivity contribution >= 4 is 17.4 Å². The minimum absolute atomic E-state index is 0.0197. The molecule has 1 aromatic heterocycles. The van der Waals surface area contributed by atoms with Gasteiger partial charge in [-0.25, -0.2) is 4.79 Å². The molecular weight excluding hydrogens is 262 g/mol. The molecule has 2 fully saturated rings. The van der Waals surface area contributed by atoms with Gasteiger partial charge in [-0.2, -0.15) is 0 Å². The van der Waals surface area contributed by atoms with Gasteiger partial charge in [0.2, 0.25) is 0 Å². The summed E-state index contributed by atoms with van der Waals surface area (Å²) in [5.74, 6) is 0. The van der Waals surface area contributed by atoms with Gasteiger partial charge in [-0.3, -0.25) is 4.90 Å². The highest BCUT2D eigenvalue weighted by atomic mass is 32.1. The number of morpholine rings is 1. The van der Waals surface area contributed by atoms with Crippen molar-refractivity contribution in [3.63, 3.8) is 0 Å². The summed E-state index contributed by atoms with van der Waals surface area (Å²) in [6, 6.07) is 4.22. The Morgan fingerprint density at radius 2 is 2.32 bits per heavy atom. The largest absolute Gasteiger partial charge is 0.444 e. The fourth-order valence-corrected chi connectivity index (χ4v) is 3.57. The number of rotatable bonds is 1. The third-order valence-electron chi connectivity index (χ3n) is 3.45. The molecule has 1 aromatic rings. The number of likely N-dealkylation sites (tertiary alicyclic amines) is 1. The van der Waals surface area contributed by atoms with E-state index in [2.05, 4.69) is 6.07 Å². The average Bonchev–Trinajstić information content (AvgIpc) is 3.02. The predicted molar refractivity (Wildman–Crippen MR) is 73.3 cm³/mol. The van der Waals surface area contributed by atoms with Gasteiger partial charge in [0.1, 0.15) is 11.7 Å². The van der Waals surface area contributed by atoms with Crippen LogP contribution in [0.25, 0.3) is 0 Å². The number of fused-ring (bicyclic) bond motifs is 2. The molecule has 2 aliphatic heterocycles. The molecule has 5 heteroatoms. The molecule has 2 aliphatic rings. The summed E-state index contributed by atoms with van der Waals surface area (Å²) in [6.45, 7) is 6.34. The van der Waals surface area contributed by atoms with Crippen LogP contribution >= 0.6 is 11.3 Å². The van der Waals surface area contributed by atoms with Crippen LogP contribution in [0.5, 0.6) is 0 Å². The van der Waals surface area contributed by atoms with Crippen LogP contribution in [0.1, 0.15) is 38.2 Å². The maximum Gasteiger partial charge on any atom is 0.410 e. The molecule has 0 N–H and O–H groups in total. The van der Waals surface area contributed by atoms with Gasteiger partial charge in [0.05, 0.1) is 18.7 Å². The van der Waals surface area contributed by atoms with E-state index in [1.807, 2.05) is 37.1 Å². The van der Waals surface area contributed by atoms with Gasteiger partial charge in [0, 0.05) is 4.88 Å². The van der Waals surface area contributed by atoms with Gasteiger partial charge in [0.15, 0.2) is 0 Å². The molecule has 0 aromatic carbocycles. The first-order valence-corrected chi connectivity index (χ1v) is 7.50. The first kappa shape index (κ1) is 12.9. The maximum atomic E-state index is 12.2. The van der Waals surface area contributed by atoms with Crippen LogP contribution in [0.15, 0.2) is 17.5 Å². The lowest BCUT2D eigenvalue weighted by Crippen LogP contribution is -2.45. The molecule has 0 radical (unpaired) electrons. The van der Waals surface area contributed by atoms with E-state index in [4.69, 9.17) is 9.47 Å². The van der Waals surface area contributed by atoms with Crippen molar-refractivity contribution in [3.05, 3.63) is 22.4 Å². The highest BCUT2D eigenvalue weighted by Gasteiger charge is 2.49. The molecule has 104 valence electrons. The molecule has 4 nitrogen and oxygen atoms in total. The Kier molecular flexibility index (Phi) is 3.06. The molecule has 2 bridgehead atoms. The lowest BCUT2D eigenvalue weighted by molar-refractivity contribution is -0.0455. The zero-order valence-corrected chi connectivity index (χ0v) is 12.3. The van der Waals surface area contributed by atoms with Gasteiger partial charge in [-0.1, -0.05) is 6.07 Å². The topological polar surface area (TPSA) is 38.8 Å². The molecule has 19 heavy (non-hydrogen) atoms. The van der Waals surface area contributed by atoms with E-state index < -0.39 is 5.60 Å². The van der Waals surface area contributed by atoms with Gasteiger partial charge < -0.3 is 9.47 Å². The third kappa shape index (κ3) is 2.49. The molecule has 0 unspecified atom stereocenters. The molecular formula is C14H19NO3S. The minimum Gasteiger partial charge on any atom is -0.444 e. The number of carbonyl (C=O) groups is 1. The molecule has 0 aliphatic carbocycles. The zero-order valence-electron chi connectivity index (χ0n) is 11.5. The van der Waals surface area contributed by atoms with Crippen molar-refractivity contribution in [2.75, 3.05) is 6.54 Å².